The number of nitriles is 1. The van der Waals surface area contributed by atoms with E-state index < -0.39 is 0 Å². The molecule has 0 unspecified atom stereocenters. The van der Waals surface area contributed by atoms with Gasteiger partial charge in [0, 0.05) is 5.56 Å². The van der Waals surface area contributed by atoms with E-state index in [2.05, 4.69) is 18.3 Å². The third-order valence-electron chi connectivity index (χ3n) is 2.66. The summed E-state index contributed by atoms with van der Waals surface area (Å²) in [6.45, 7) is 3.86. The summed E-state index contributed by atoms with van der Waals surface area (Å²) < 4.78 is 5.74. The molecule has 92 valence electrons. The van der Waals surface area contributed by atoms with Crippen LogP contribution in [0.3, 0.4) is 0 Å². The normalized spacial score (nSPS) is 10.2. The minimum atomic E-state index is 0.648. The van der Waals surface area contributed by atoms with Crippen LogP contribution in [0.4, 0.5) is 0 Å². The van der Waals surface area contributed by atoms with E-state index in [0.717, 1.165) is 36.6 Å². The van der Waals surface area contributed by atoms with Crippen molar-refractivity contribution >= 4 is 0 Å². The minimum Gasteiger partial charge on any atom is -0.460 e. The molecule has 2 rings (SSSR count). The zero-order chi connectivity index (χ0) is 12.8. The Bertz CT molecular complexity index is 552. The third kappa shape index (κ3) is 2.99. The fourth-order valence-corrected chi connectivity index (χ4v) is 1.76. The first kappa shape index (κ1) is 12.4. The number of hydrogen-bond acceptors (Lipinski definition) is 3. The molecular weight excluding hydrogens is 224 g/mol. The van der Waals surface area contributed by atoms with Gasteiger partial charge in [0.2, 0.25) is 0 Å². The molecule has 0 aliphatic rings. The van der Waals surface area contributed by atoms with E-state index in [-0.39, 0.29) is 0 Å². The molecule has 2 aromatic rings. The topological polar surface area (TPSA) is 49.0 Å². The maximum Gasteiger partial charge on any atom is 0.134 e. The van der Waals surface area contributed by atoms with Crippen LogP contribution in [0.2, 0.25) is 0 Å². The molecule has 0 atom stereocenters. The van der Waals surface area contributed by atoms with Gasteiger partial charge in [-0.25, -0.2) is 0 Å². The fourth-order valence-electron chi connectivity index (χ4n) is 1.76. The van der Waals surface area contributed by atoms with Gasteiger partial charge in [-0.2, -0.15) is 5.26 Å². The molecule has 3 heteroatoms. The zero-order valence-corrected chi connectivity index (χ0v) is 10.4. The van der Waals surface area contributed by atoms with Gasteiger partial charge in [-0.3, -0.25) is 0 Å². The van der Waals surface area contributed by atoms with Crippen LogP contribution in [0.5, 0.6) is 0 Å². The van der Waals surface area contributed by atoms with Gasteiger partial charge in [-0.1, -0.05) is 19.1 Å². The van der Waals surface area contributed by atoms with Gasteiger partial charge < -0.3 is 9.73 Å². The Morgan fingerprint density at radius 1 is 1.28 bits per heavy atom. The maximum absolute atomic E-state index is 8.87. The summed E-state index contributed by atoms with van der Waals surface area (Å²) in [5.41, 5.74) is 1.59. The van der Waals surface area contributed by atoms with E-state index in [1.807, 2.05) is 30.3 Å². The zero-order valence-electron chi connectivity index (χ0n) is 10.4. The largest absolute Gasteiger partial charge is 0.460 e. The highest BCUT2D eigenvalue weighted by Gasteiger charge is 2.05. The van der Waals surface area contributed by atoms with Gasteiger partial charge in [0.15, 0.2) is 0 Å². The molecule has 0 amide bonds. The number of furan rings is 1. The first-order chi connectivity index (χ1) is 8.83. The van der Waals surface area contributed by atoms with E-state index in [1.54, 1.807) is 6.07 Å². The van der Waals surface area contributed by atoms with Crippen LogP contribution in [0, 0.1) is 11.3 Å². The van der Waals surface area contributed by atoms with Crippen molar-refractivity contribution in [3.8, 4) is 17.4 Å². The highest BCUT2D eigenvalue weighted by atomic mass is 16.3. The molecular formula is C15H16N2O. The van der Waals surface area contributed by atoms with Gasteiger partial charge in [0.1, 0.15) is 11.5 Å². The van der Waals surface area contributed by atoms with Crippen molar-refractivity contribution in [2.45, 2.75) is 19.9 Å². The first-order valence-corrected chi connectivity index (χ1v) is 6.13. The summed E-state index contributed by atoms with van der Waals surface area (Å²) in [5.74, 6) is 1.72. The van der Waals surface area contributed by atoms with Crippen LogP contribution >= 0.6 is 0 Å². The Kier molecular flexibility index (Phi) is 4.16. The second kappa shape index (κ2) is 6.04. The Labute approximate surface area is 107 Å². The van der Waals surface area contributed by atoms with E-state index in [0.29, 0.717) is 5.56 Å². The summed E-state index contributed by atoms with van der Waals surface area (Å²) in [7, 11) is 0. The van der Waals surface area contributed by atoms with Crippen LogP contribution in [0.25, 0.3) is 11.3 Å². The second-order valence-corrected chi connectivity index (χ2v) is 4.14. The van der Waals surface area contributed by atoms with E-state index in [1.165, 1.54) is 0 Å². The second-order valence-electron chi connectivity index (χ2n) is 4.14. The van der Waals surface area contributed by atoms with Gasteiger partial charge in [0.25, 0.3) is 0 Å². The van der Waals surface area contributed by atoms with Crippen molar-refractivity contribution in [3.63, 3.8) is 0 Å². The van der Waals surface area contributed by atoms with Crippen molar-refractivity contribution in [3.05, 3.63) is 47.7 Å². The van der Waals surface area contributed by atoms with E-state index >= 15 is 0 Å². The number of hydrogen-bond donors (Lipinski definition) is 1. The molecule has 0 spiro atoms. The Balaban J connectivity index is 2.11. The SMILES string of the molecule is CCCNCc1ccc(-c2cccc(C#N)c2)o1. The lowest BCUT2D eigenvalue weighted by Gasteiger charge is -2.00. The molecule has 1 N–H and O–H groups in total. The highest BCUT2D eigenvalue weighted by molar-refractivity contribution is 5.60. The number of benzene rings is 1. The van der Waals surface area contributed by atoms with Crippen molar-refractivity contribution in [1.82, 2.24) is 5.32 Å². The number of nitrogens with zero attached hydrogens (tertiary/aromatic N) is 1. The summed E-state index contributed by atoms with van der Waals surface area (Å²) in [6.07, 6.45) is 1.11. The lowest BCUT2D eigenvalue weighted by atomic mass is 10.1. The predicted molar refractivity (Wildman–Crippen MR) is 70.9 cm³/mol. The highest BCUT2D eigenvalue weighted by Crippen LogP contribution is 2.22. The maximum atomic E-state index is 8.87. The molecule has 0 radical (unpaired) electrons. The summed E-state index contributed by atoms with van der Waals surface area (Å²) in [4.78, 5) is 0. The fraction of sp³-hybridized carbons (Fsp3) is 0.267. The molecule has 0 saturated carbocycles. The van der Waals surface area contributed by atoms with Gasteiger partial charge in [-0.05, 0) is 37.2 Å². The number of rotatable bonds is 5. The molecule has 0 aliphatic carbocycles. The summed E-state index contributed by atoms with van der Waals surface area (Å²) in [6, 6.07) is 13.5. The third-order valence-corrected chi connectivity index (χ3v) is 2.66. The van der Waals surface area contributed by atoms with Gasteiger partial charge >= 0.3 is 0 Å². The molecule has 1 aromatic heterocycles. The predicted octanol–water partition coefficient (Wildman–Crippen LogP) is 3.32. The molecule has 1 heterocycles. The van der Waals surface area contributed by atoms with Crippen LogP contribution in [-0.2, 0) is 6.54 Å². The van der Waals surface area contributed by atoms with Crippen LogP contribution in [-0.4, -0.2) is 6.54 Å². The number of nitrogens with one attached hydrogen (secondary N) is 1. The molecule has 0 bridgehead atoms. The molecule has 0 saturated heterocycles. The lowest BCUT2D eigenvalue weighted by molar-refractivity contribution is 0.493. The van der Waals surface area contributed by atoms with E-state index in [9.17, 15) is 0 Å². The first-order valence-electron chi connectivity index (χ1n) is 6.13. The molecule has 1 aromatic carbocycles. The van der Waals surface area contributed by atoms with Gasteiger partial charge in [-0.15, -0.1) is 0 Å². The van der Waals surface area contributed by atoms with Gasteiger partial charge in [0.05, 0.1) is 18.2 Å². The summed E-state index contributed by atoms with van der Waals surface area (Å²) >= 11 is 0. The van der Waals surface area contributed by atoms with Crippen LogP contribution in [0.15, 0.2) is 40.8 Å². The van der Waals surface area contributed by atoms with Crippen LogP contribution < -0.4 is 5.32 Å². The lowest BCUT2D eigenvalue weighted by Crippen LogP contribution is -2.12. The molecule has 3 nitrogen and oxygen atoms in total. The molecule has 0 aliphatic heterocycles. The molecule has 18 heavy (non-hydrogen) atoms. The average molecular weight is 240 g/mol. The van der Waals surface area contributed by atoms with E-state index in [4.69, 9.17) is 9.68 Å². The monoisotopic (exact) mass is 240 g/mol. The quantitative estimate of drug-likeness (QED) is 0.815. The smallest absolute Gasteiger partial charge is 0.134 e. The summed E-state index contributed by atoms with van der Waals surface area (Å²) in [5, 5.41) is 12.2. The van der Waals surface area contributed by atoms with Crippen molar-refractivity contribution in [2.75, 3.05) is 6.54 Å². The van der Waals surface area contributed by atoms with Crippen molar-refractivity contribution < 1.29 is 4.42 Å². The van der Waals surface area contributed by atoms with Crippen molar-refractivity contribution in [2.24, 2.45) is 0 Å². The molecule has 0 fully saturated rings. The minimum absolute atomic E-state index is 0.648. The Morgan fingerprint density at radius 2 is 2.17 bits per heavy atom. The average Bonchev–Trinajstić information content (AvgIpc) is 2.88. The van der Waals surface area contributed by atoms with Crippen LogP contribution in [0.1, 0.15) is 24.7 Å². The standard InChI is InChI=1S/C15H16N2O/c1-2-8-17-11-14-6-7-15(18-14)13-5-3-4-12(9-13)10-16/h3-7,9,17H,2,8,11H2,1H3. The Morgan fingerprint density at radius 3 is 2.94 bits per heavy atom. The van der Waals surface area contributed by atoms with Crippen molar-refractivity contribution in [1.29, 1.82) is 5.26 Å². The Hall–Kier alpha value is -2.05.